The minimum atomic E-state index is -3.93. The Hall–Kier alpha value is -2.84. The van der Waals surface area contributed by atoms with Crippen LogP contribution in [0.5, 0.6) is 0 Å². The molecule has 0 atom stereocenters. The Kier molecular flexibility index (Phi) is 5.29. The van der Waals surface area contributed by atoms with Gasteiger partial charge in [0.05, 0.1) is 11.2 Å². The lowest BCUT2D eigenvalue weighted by Gasteiger charge is -2.05. The second kappa shape index (κ2) is 7.88. The predicted molar refractivity (Wildman–Crippen MR) is 107 cm³/mol. The first-order valence-corrected chi connectivity index (χ1v) is 11.1. The van der Waals surface area contributed by atoms with Gasteiger partial charge >= 0.3 is 0 Å². The van der Waals surface area contributed by atoms with Gasteiger partial charge in [-0.2, -0.15) is 4.98 Å². The Morgan fingerprint density at radius 3 is 2.48 bits per heavy atom. The van der Waals surface area contributed by atoms with Gasteiger partial charge < -0.3 is 8.83 Å². The normalized spacial score (nSPS) is 11.7. The number of benzene rings is 2. The van der Waals surface area contributed by atoms with Crippen LogP contribution < -0.4 is 0 Å². The smallest absolute Gasteiger partial charge is 0.265 e. The van der Waals surface area contributed by atoms with Gasteiger partial charge in [0.2, 0.25) is 20.0 Å². The first kappa shape index (κ1) is 19.5. The van der Waals surface area contributed by atoms with E-state index in [0.717, 1.165) is 17.3 Å². The third-order valence-electron chi connectivity index (χ3n) is 4.20. The van der Waals surface area contributed by atoms with Crippen molar-refractivity contribution in [2.75, 3.05) is 0 Å². The van der Waals surface area contributed by atoms with Gasteiger partial charge in [0.1, 0.15) is 5.82 Å². The maximum absolute atomic E-state index is 14.0. The topological polar surface area (TPSA) is 73.3 Å². The molecule has 8 heteroatoms. The van der Waals surface area contributed by atoms with Gasteiger partial charge in [-0.05, 0) is 42.8 Å². The van der Waals surface area contributed by atoms with Gasteiger partial charge in [0, 0.05) is 5.75 Å². The zero-order chi connectivity index (χ0) is 20.4. The van der Waals surface area contributed by atoms with Crippen molar-refractivity contribution in [3.8, 4) is 11.7 Å². The highest BCUT2D eigenvalue weighted by atomic mass is 32.2. The number of halogens is 1. The summed E-state index contributed by atoms with van der Waals surface area (Å²) in [6, 6.07) is 16.1. The van der Waals surface area contributed by atoms with Crippen LogP contribution in [0, 0.1) is 12.7 Å². The first-order chi connectivity index (χ1) is 13.9. The lowest BCUT2D eigenvalue weighted by molar-refractivity contribution is 0.451. The number of thioether (sulfide) groups is 1. The lowest BCUT2D eigenvalue weighted by Crippen LogP contribution is -2.04. The first-order valence-electron chi connectivity index (χ1n) is 8.68. The molecule has 0 N–H and O–H groups in total. The summed E-state index contributed by atoms with van der Waals surface area (Å²) in [6.07, 6.45) is 1.44. The summed E-state index contributed by atoms with van der Waals surface area (Å²) in [5.41, 5.74) is 1.38. The van der Waals surface area contributed by atoms with Crippen LogP contribution in [-0.2, 0) is 15.6 Å². The fourth-order valence-corrected chi connectivity index (χ4v) is 5.16. The summed E-state index contributed by atoms with van der Waals surface area (Å²) >= 11 is 1.07. The highest BCUT2D eigenvalue weighted by Gasteiger charge is 2.29. The molecule has 0 unspecified atom stereocenters. The third kappa shape index (κ3) is 3.99. The number of hydrogen-bond donors (Lipinski definition) is 0. The Morgan fingerprint density at radius 1 is 1.03 bits per heavy atom. The van der Waals surface area contributed by atoms with E-state index in [0.29, 0.717) is 11.3 Å². The molecule has 0 bridgehead atoms. The Bertz CT molecular complexity index is 1230. The molecule has 0 saturated carbocycles. The van der Waals surface area contributed by atoms with Crippen LogP contribution in [0.4, 0.5) is 4.39 Å². The van der Waals surface area contributed by atoms with E-state index in [1.807, 2.05) is 6.92 Å². The van der Waals surface area contributed by atoms with E-state index < -0.39 is 9.84 Å². The lowest BCUT2D eigenvalue weighted by atomic mass is 10.2. The van der Waals surface area contributed by atoms with E-state index in [1.54, 1.807) is 42.5 Å². The van der Waals surface area contributed by atoms with E-state index in [9.17, 15) is 12.8 Å². The number of nitrogens with zero attached hydrogens (tertiary/aromatic N) is 1. The maximum atomic E-state index is 14.0. The zero-order valence-corrected chi connectivity index (χ0v) is 17.0. The van der Waals surface area contributed by atoms with E-state index in [1.165, 1.54) is 24.5 Å². The number of sulfone groups is 1. The molecule has 2 heterocycles. The molecule has 2 aromatic heterocycles. The van der Waals surface area contributed by atoms with Gasteiger partial charge in [-0.1, -0.05) is 47.7 Å². The molecule has 0 amide bonds. The molecule has 0 aliphatic carbocycles. The fraction of sp³-hybridized carbons (Fsp3) is 0.0952. The van der Waals surface area contributed by atoms with E-state index in [2.05, 4.69) is 4.98 Å². The zero-order valence-electron chi connectivity index (χ0n) is 15.3. The van der Waals surface area contributed by atoms with Crippen LogP contribution in [-0.4, -0.2) is 13.4 Å². The van der Waals surface area contributed by atoms with Gasteiger partial charge in [-0.15, -0.1) is 0 Å². The molecule has 0 aliphatic rings. The number of aryl methyl sites for hydroxylation is 1. The number of oxazole rings is 1. The van der Waals surface area contributed by atoms with Crippen molar-refractivity contribution in [1.29, 1.82) is 0 Å². The fourth-order valence-electron chi connectivity index (χ4n) is 2.65. The summed E-state index contributed by atoms with van der Waals surface area (Å²) in [5, 5.41) is -0.130. The molecule has 5 nitrogen and oxygen atoms in total. The summed E-state index contributed by atoms with van der Waals surface area (Å²) in [4.78, 5) is 4.30. The molecule has 4 rings (SSSR count). The summed E-state index contributed by atoms with van der Waals surface area (Å²) in [5.74, 6) is 0.184. The van der Waals surface area contributed by atoms with Crippen molar-refractivity contribution < 1.29 is 21.6 Å². The second-order valence-electron chi connectivity index (χ2n) is 6.29. The third-order valence-corrected chi connectivity index (χ3v) is 7.00. The van der Waals surface area contributed by atoms with E-state index >= 15 is 0 Å². The van der Waals surface area contributed by atoms with E-state index in [4.69, 9.17) is 8.83 Å². The molecule has 2 aromatic carbocycles. The molecule has 0 saturated heterocycles. The average Bonchev–Trinajstić information content (AvgIpc) is 3.38. The molecule has 0 spiro atoms. The Labute approximate surface area is 171 Å². The number of aromatic nitrogens is 1. The maximum Gasteiger partial charge on any atom is 0.265 e. The van der Waals surface area contributed by atoms with Crippen molar-refractivity contribution in [2.45, 2.75) is 27.7 Å². The standard InChI is InChI=1S/C21H16FNO4S2/c1-14-8-10-16(11-9-14)29(24,25)20-21(27-19(23-20)18-7-4-12-26-18)28-13-15-5-2-3-6-17(15)22/h2-12H,13H2,1H3. The molecular weight excluding hydrogens is 413 g/mol. The van der Waals surface area contributed by atoms with E-state index in [-0.39, 0.29) is 32.5 Å². The van der Waals surface area contributed by atoms with Crippen LogP contribution in [0.3, 0.4) is 0 Å². The summed E-state index contributed by atoms with van der Waals surface area (Å²) in [7, 11) is -3.93. The largest absolute Gasteiger partial charge is 0.459 e. The number of hydrogen-bond acceptors (Lipinski definition) is 6. The van der Waals surface area contributed by atoms with Crippen molar-refractivity contribution in [1.82, 2.24) is 4.98 Å². The molecular formula is C21H16FNO4S2. The van der Waals surface area contributed by atoms with Gasteiger partial charge in [0.15, 0.2) is 5.76 Å². The van der Waals surface area contributed by atoms with Crippen LogP contribution in [0.2, 0.25) is 0 Å². The predicted octanol–water partition coefficient (Wildman–Crippen LogP) is 5.51. The second-order valence-corrected chi connectivity index (χ2v) is 9.10. The minimum Gasteiger partial charge on any atom is -0.459 e. The molecule has 4 aromatic rings. The SMILES string of the molecule is Cc1ccc(S(=O)(=O)c2nc(-c3ccco3)oc2SCc2ccccc2F)cc1. The van der Waals surface area contributed by atoms with Crippen LogP contribution in [0.1, 0.15) is 11.1 Å². The van der Waals surface area contributed by atoms with Crippen molar-refractivity contribution >= 4 is 21.6 Å². The van der Waals surface area contributed by atoms with Crippen molar-refractivity contribution in [3.63, 3.8) is 0 Å². The number of rotatable bonds is 6. The number of furan rings is 1. The Balaban J connectivity index is 1.75. The van der Waals surface area contributed by atoms with Crippen LogP contribution in [0.25, 0.3) is 11.7 Å². The van der Waals surface area contributed by atoms with Crippen LogP contribution in [0.15, 0.2) is 90.8 Å². The molecule has 0 aliphatic heterocycles. The molecule has 29 heavy (non-hydrogen) atoms. The monoisotopic (exact) mass is 429 g/mol. The van der Waals surface area contributed by atoms with Gasteiger partial charge in [-0.25, -0.2) is 12.8 Å². The van der Waals surface area contributed by atoms with Crippen molar-refractivity contribution in [2.24, 2.45) is 0 Å². The minimum absolute atomic E-state index is 0.0525. The molecule has 0 fully saturated rings. The molecule has 148 valence electrons. The Morgan fingerprint density at radius 2 is 1.79 bits per heavy atom. The molecule has 0 radical (unpaired) electrons. The highest BCUT2D eigenvalue weighted by Crippen LogP contribution is 2.36. The summed E-state index contributed by atoms with van der Waals surface area (Å²) in [6.45, 7) is 1.87. The van der Waals surface area contributed by atoms with Gasteiger partial charge in [-0.3, -0.25) is 0 Å². The van der Waals surface area contributed by atoms with Crippen LogP contribution >= 0.6 is 11.8 Å². The highest BCUT2D eigenvalue weighted by molar-refractivity contribution is 7.99. The summed E-state index contributed by atoms with van der Waals surface area (Å²) < 4.78 is 51.3. The average molecular weight is 429 g/mol. The van der Waals surface area contributed by atoms with Gasteiger partial charge in [0.25, 0.3) is 5.89 Å². The quantitative estimate of drug-likeness (QED) is 0.377. The van der Waals surface area contributed by atoms with Crippen molar-refractivity contribution in [3.05, 3.63) is 83.9 Å².